The molecule has 0 aliphatic heterocycles. The lowest BCUT2D eigenvalue weighted by Crippen LogP contribution is -2.35. The van der Waals surface area contributed by atoms with E-state index in [-0.39, 0.29) is 24.2 Å². The molecule has 29 heavy (non-hydrogen) atoms. The highest BCUT2D eigenvalue weighted by atomic mass is 19.1. The van der Waals surface area contributed by atoms with Crippen molar-refractivity contribution in [3.8, 4) is 5.69 Å². The first-order valence-electron chi connectivity index (χ1n) is 9.08. The van der Waals surface area contributed by atoms with Gasteiger partial charge >= 0.3 is 0 Å². The van der Waals surface area contributed by atoms with Crippen LogP contribution in [0.15, 0.2) is 41.1 Å². The number of nitrogens with zero attached hydrogens (tertiary/aromatic N) is 4. The van der Waals surface area contributed by atoms with Gasteiger partial charge < -0.3 is 14.7 Å². The average molecular weight is 399 g/mol. The molecule has 0 atom stereocenters. The van der Waals surface area contributed by atoms with E-state index >= 15 is 0 Å². The van der Waals surface area contributed by atoms with Crippen molar-refractivity contribution in [1.29, 1.82) is 0 Å². The Labute approximate surface area is 167 Å². The minimum atomic E-state index is -0.397. The zero-order valence-corrected chi connectivity index (χ0v) is 16.6. The van der Waals surface area contributed by atoms with Crippen molar-refractivity contribution < 1.29 is 18.5 Å². The van der Waals surface area contributed by atoms with Gasteiger partial charge in [-0.05, 0) is 37.1 Å². The Morgan fingerprint density at radius 1 is 1.28 bits per heavy atom. The van der Waals surface area contributed by atoms with Gasteiger partial charge in [0.1, 0.15) is 11.6 Å². The molecule has 3 aromatic rings. The normalized spacial score (nSPS) is 11.0. The lowest BCUT2D eigenvalue weighted by molar-refractivity contribution is -0.116. The van der Waals surface area contributed by atoms with Gasteiger partial charge in [0.15, 0.2) is 5.82 Å². The molecular weight excluding hydrogens is 377 g/mol. The number of benzene rings is 1. The van der Waals surface area contributed by atoms with Gasteiger partial charge in [-0.15, -0.1) is 0 Å². The molecule has 0 unspecified atom stereocenters. The van der Waals surface area contributed by atoms with Gasteiger partial charge in [-0.1, -0.05) is 19.0 Å². The molecule has 2 aromatic heterocycles. The van der Waals surface area contributed by atoms with Gasteiger partial charge in [-0.25, -0.2) is 9.07 Å². The second-order valence-corrected chi connectivity index (χ2v) is 7.02. The fourth-order valence-corrected chi connectivity index (χ4v) is 2.97. The molecule has 0 aliphatic rings. The van der Waals surface area contributed by atoms with Crippen LogP contribution in [-0.2, 0) is 4.79 Å². The van der Waals surface area contributed by atoms with Crippen LogP contribution in [0.25, 0.3) is 5.69 Å². The van der Waals surface area contributed by atoms with Crippen LogP contribution in [0, 0.1) is 12.7 Å². The molecule has 3 rings (SSSR count). The summed E-state index contributed by atoms with van der Waals surface area (Å²) in [5.41, 5.74) is 1.72. The van der Waals surface area contributed by atoms with Crippen LogP contribution in [-0.4, -0.2) is 45.2 Å². The summed E-state index contributed by atoms with van der Waals surface area (Å²) in [6.45, 7) is 5.43. The van der Waals surface area contributed by atoms with Crippen LogP contribution in [0.1, 0.15) is 41.6 Å². The zero-order valence-electron chi connectivity index (χ0n) is 16.6. The van der Waals surface area contributed by atoms with Crippen molar-refractivity contribution in [3.63, 3.8) is 0 Å². The fraction of sp³-hybridized carbons (Fsp3) is 0.300. The van der Waals surface area contributed by atoms with Crippen molar-refractivity contribution >= 4 is 17.6 Å². The first-order chi connectivity index (χ1) is 13.8. The van der Waals surface area contributed by atoms with Gasteiger partial charge in [-0.3, -0.25) is 9.59 Å². The van der Waals surface area contributed by atoms with E-state index in [4.69, 9.17) is 4.52 Å². The lowest BCUT2D eigenvalue weighted by Gasteiger charge is -2.18. The van der Waals surface area contributed by atoms with Crippen molar-refractivity contribution in [2.45, 2.75) is 26.7 Å². The third-order valence-electron chi connectivity index (χ3n) is 4.28. The largest absolute Gasteiger partial charge is 0.360 e. The number of hydrogen-bond acceptors (Lipinski definition) is 5. The summed E-state index contributed by atoms with van der Waals surface area (Å²) >= 11 is 0. The maximum atomic E-state index is 13.2. The molecule has 1 aromatic carbocycles. The van der Waals surface area contributed by atoms with Crippen LogP contribution in [0.3, 0.4) is 0 Å². The van der Waals surface area contributed by atoms with Crippen LogP contribution in [0.4, 0.5) is 10.2 Å². The summed E-state index contributed by atoms with van der Waals surface area (Å²) in [6, 6.07) is 7.46. The van der Waals surface area contributed by atoms with E-state index < -0.39 is 5.91 Å². The molecule has 8 nitrogen and oxygen atoms in total. The summed E-state index contributed by atoms with van der Waals surface area (Å²) < 4.78 is 19.8. The highest BCUT2D eigenvalue weighted by Crippen LogP contribution is 2.24. The van der Waals surface area contributed by atoms with Crippen molar-refractivity contribution in [2.75, 3.05) is 18.9 Å². The van der Waals surface area contributed by atoms with E-state index in [2.05, 4.69) is 15.6 Å². The number of amides is 2. The standard InChI is InChI=1S/C20H22FN5O3/c1-12(2)19-16(10-22-26(19)15-7-5-14(21)6-8-15)20(28)25(4)11-18(27)23-17-9-13(3)29-24-17/h5-10,12H,11H2,1-4H3,(H,23,24,27). The molecule has 0 aliphatic carbocycles. The minimum absolute atomic E-state index is 0.0261. The van der Waals surface area contributed by atoms with E-state index in [9.17, 15) is 14.0 Å². The molecular formula is C20H22FN5O3. The Morgan fingerprint density at radius 2 is 1.97 bits per heavy atom. The highest BCUT2D eigenvalue weighted by molar-refractivity contribution is 5.99. The van der Waals surface area contributed by atoms with E-state index in [1.807, 2.05) is 13.8 Å². The molecule has 0 radical (unpaired) electrons. The van der Waals surface area contributed by atoms with Crippen molar-refractivity contribution in [1.82, 2.24) is 19.8 Å². The van der Waals surface area contributed by atoms with Crippen molar-refractivity contribution in [3.05, 3.63) is 59.4 Å². The molecule has 0 spiro atoms. The second-order valence-electron chi connectivity index (χ2n) is 7.02. The zero-order chi connectivity index (χ0) is 21.1. The Morgan fingerprint density at radius 3 is 2.55 bits per heavy atom. The quantitative estimate of drug-likeness (QED) is 0.687. The Hall–Kier alpha value is -3.49. The van der Waals surface area contributed by atoms with Gasteiger partial charge in [-0.2, -0.15) is 5.10 Å². The van der Waals surface area contributed by atoms with Crippen LogP contribution in [0.5, 0.6) is 0 Å². The number of aryl methyl sites for hydroxylation is 1. The lowest BCUT2D eigenvalue weighted by atomic mass is 10.0. The van der Waals surface area contributed by atoms with E-state index in [1.54, 1.807) is 29.8 Å². The molecule has 1 N–H and O–H groups in total. The van der Waals surface area contributed by atoms with Crippen molar-refractivity contribution in [2.24, 2.45) is 0 Å². The molecule has 2 amide bonds. The summed E-state index contributed by atoms with van der Waals surface area (Å²) in [5, 5.41) is 10.6. The van der Waals surface area contributed by atoms with Gasteiger partial charge in [0, 0.05) is 13.1 Å². The maximum absolute atomic E-state index is 13.2. The number of aromatic nitrogens is 3. The number of hydrogen-bond donors (Lipinski definition) is 1. The Kier molecular flexibility index (Phi) is 5.76. The minimum Gasteiger partial charge on any atom is -0.360 e. The molecule has 9 heteroatoms. The predicted molar refractivity (Wildman–Crippen MR) is 104 cm³/mol. The smallest absolute Gasteiger partial charge is 0.257 e. The topological polar surface area (TPSA) is 93.3 Å². The summed E-state index contributed by atoms with van der Waals surface area (Å²) in [7, 11) is 1.54. The summed E-state index contributed by atoms with van der Waals surface area (Å²) in [6.07, 6.45) is 1.47. The molecule has 0 fully saturated rings. The monoisotopic (exact) mass is 399 g/mol. The number of carbonyl (C=O) groups is 2. The SMILES string of the molecule is Cc1cc(NC(=O)CN(C)C(=O)c2cnn(-c3ccc(F)cc3)c2C(C)C)no1. The van der Waals surface area contributed by atoms with Gasteiger partial charge in [0.2, 0.25) is 5.91 Å². The maximum Gasteiger partial charge on any atom is 0.257 e. The summed E-state index contributed by atoms with van der Waals surface area (Å²) in [4.78, 5) is 26.5. The Balaban J connectivity index is 1.79. The first-order valence-corrected chi connectivity index (χ1v) is 9.08. The number of carbonyl (C=O) groups excluding carboxylic acids is 2. The number of nitrogens with one attached hydrogen (secondary N) is 1. The number of rotatable bonds is 6. The van der Waals surface area contributed by atoms with E-state index in [0.717, 1.165) is 0 Å². The first kappa shape index (κ1) is 20.2. The fourth-order valence-electron chi connectivity index (χ4n) is 2.97. The molecule has 0 bridgehead atoms. The van der Waals surface area contributed by atoms with E-state index in [1.165, 1.54) is 30.3 Å². The predicted octanol–water partition coefficient (Wildman–Crippen LogP) is 3.14. The third kappa shape index (κ3) is 4.50. The van der Waals surface area contributed by atoms with Gasteiger partial charge in [0.25, 0.3) is 5.91 Å². The van der Waals surface area contributed by atoms with E-state index in [0.29, 0.717) is 28.5 Å². The number of halogens is 1. The van der Waals surface area contributed by atoms with Crippen LogP contribution in [0.2, 0.25) is 0 Å². The Bertz CT molecular complexity index is 1020. The van der Waals surface area contributed by atoms with Crippen LogP contribution < -0.4 is 5.32 Å². The summed E-state index contributed by atoms with van der Waals surface area (Å²) in [5.74, 6) is -0.252. The van der Waals surface area contributed by atoms with Crippen LogP contribution >= 0.6 is 0 Å². The third-order valence-corrected chi connectivity index (χ3v) is 4.28. The average Bonchev–Trinajstić information content (AvgIpc) is 3.28. The number of anilines is 1. The molecule has 2 heterocycles. The molecule has 0 saturated heterocycles. The molecule has 0 saturated carbocycles. The highest BCUT2D eigenvalue weighted by Gasteiger charge is 2.24. The number of likely N-dealkylation sites (N-methyl/N-ethyl adjacent to an activating group) is 1. The second kappa shape index (κ2) is 8.26. The van der Waals surface area contributed by atoms with Gasteiger partial charge in [0.05, 0.1) is 29.7 Å². The molecule has 152 valence electrons.